The topological polar surface area (TPSA) is 38.9 Å². The summed E-state index contributed by atoms with van der Waals surface area (Å²) in [5, 5.41) is 0. The predicted molar refractivity (Wildman–Crippen MR) is 48.1 cm³/mol. The highest BCUT2D eigenvalue weighted by Crippen LogP contribution is 2.15. The summed E-state index contributed by atoms with van der Waals surface area (Å²) in [4.78, 5) is 3.40. The Kier molecular flexibility index (Phi) is 6.94. The average molecular weight is 217 g/mol. The first-order chi connectivity index (χ1) is 4.70. The van der Waals surface area contributed by atoms with E-state index in [1.165, 1.54) is 18.3 Å². The molecule has 0 saturated heterocycles. The fraction of sp³-hybridized carbons (Fsp3) is 0.167. The number of nitrogens with zero attached hydrogens (tertiary/aromatic N) is 1. The monoisotopic (exact) mass is 216 g/mol. The molecule has 2 nitrogen and oxygen atoms in total. The zero-order chi connectivity index (χ0) is 7.56. The molecule has 0 aromatic carbocycles. The molecule has 0 fully saturated rings. The van der Waals surface area contributed by atoms with Crippen molar-refractivity contribution in [2.24, 2.45) is 0 Å². The summed E-state index contributed by atoms with van der Waals surface area (Å²) in [5.74, 6) is 0. The minimum Gasteiger partial charge on any atom is -0.397 e. The van der Waals surface area contributed by atoms with E-state index in [2.05, 4.69) is 4.98 Å². The van der Waals surface area contributed by atoms with Crippen LogP contribution in [0.4, 0.5) is 14.5 Å². The molecule has 0 radical (unpaired) electrons. The van der Waals surface area contributed by atoms with Crippen molar-refractivity contribution in [3.8, 4) is 0 Å². The highest BCUT2D eigenvalue weighted by atomic mass is 35.5. The zero-order valence-electron chi connectivity index (χ0n) is 5.91. The van der Waals surface area contributed by atoms with E-state index in [1.807, 2.05) is 0 Å². The molecule has 1 aromatic heterocycles. The van der Waals surface area contributed by atoms with Crippen molar-refractivity contribution in [2.75, 3.05) is 5.73 Å². The van der Waals surface area contributed by atoms with E-state index in [9.17, 15) is 8.78 Å². The first kappa shape index (κ1) is 13.9. The fourth-order valence-corrected chi connectivity index (χ4v) is 0.546. The number of anilines is 1. The molecule has 70 valence electrons. The quantitative estimate of drug-likeness (QED) is 0.784. The van der Waals surface area contributed by atoms with Crippen LogP contribution < -0.4 is 5.73 Å². The van der Waals surface area contributed by atoms with E-state index in [-0.39, 0.29) is 30.5 Å². The lowest BCUT2D eigenvalue weighted by molar-refractivity contribution is 0.146. The molecule has 0 aliphatic heterocycles. The molecule has 0 aliphatic rings. The molecule has 0 aliphatic carbocycles. The van der Waals surface area contributed by atoms with Gasteiger partial charge in [0.1, 0.15) is 5.69 Å². The van der Waals surface area contributed by atoms with Crippen LogP contribution in [0.25, 0.3) is 0 Å². The highest BCUT2D eigenvalue weighted by Gasteiger charge is 2.06. The molecule has 0 atom stereocenters. The van der Waals surface area contributed by atoms with E-state index in [0.29, 0.717) is 5.69 Å². The van der Waals surface area contributed by atoms with E-state index in [0.717, 1.165) is 0 Å². The lowest BCUT2D eigenvalue weighted by atomic mass is 10.3. The smallest absolute Gasteiger partial charge is 0.280 e. The lowest BCUT2D eigenvalue weighted by Crippen LogP contribution is -1.91. The summed E-state index contributed by atoms with van der Waals surface area (Å²) in [5.41, 5.74) is 5.37. The summed E-state index contributed by atoms with van der Waals surface area (Å²) >= 11 is 0. The first-order valence-electron chi connectivity index (χ1n) is 2.69. The predicted octanol–water partition coefficient (Wildman–Crippen LogP) is 2.45. The molecule has 0 bridgehead atoms. The molecule has 1 aromatic rings. The van der Waals surface area contributed by atoms with Crippen molar-refractivity contribution in [2.45, 2.75) is 6.43 Å². The molecule has 0 saturated carbocycles. The van der Waals surface area contributed by atoms with Crippen LogP contribution in [0.3, 0.4) is 0 Å². The molecule has 1 rings (SSSR count). The number of hydrogen-bond acceptors (Lipinski definition) is 2. The van der Waals surface area contributed by atoms with Gasteiger partial charge < -0.3 is 5.73 Å². The minimum absolute atomic E-state index is 0. The maximum atomic E-state index is 11.8. The van der Waals surface area contributed by atoms with Gasteiger partial charge in [-0.1, -0.05) is 0 Å². The second-order valence-electron chi connectivity index (χ2n) is 1.82. The zero-order valence-corrected chi connectivity index (χ0v) is 7.54. The van der Waals surface area contributed by atoms with Crippen LogP contribution in [-0.2, 0) is 0 Å². The Morgan fingerprint density at radius 3 is 2.17 bits per heavy atom. The standard InChI is InChI=1S/C6H6F2N2.2ClH/c7-6(8)5-2-1-4(9)3-10-5;;/h1-3,6H,9H2;2*1H. The van der Waals surface area contributed by atoms with Crippen molar-refractivity contribution < 1.29 is 8.78 Å². The Bertz CT molecular complexity index is 215. The third-order valence-corrected chi connectivity index (χ3v) is 1.03. The normalized spacial score (nSPS) is 8.58. The van der Waals surface area contributed by atoms with E-state index in [1.54, 1.807) is 0 Å². The maximum Gasteiger partial charge on any atom is 0.280 e. The van der Waals surface area contributed by atoms with Crippen LogP contribution >= 0.6 is 24.8 Å². The summed E-state index contributed by atoms with van der Waals surface area (Å²) in [6.07, 6.45) is -1.30. The van der Waals surface area contributed by atoms with Crippen LogP contribution in [0.15, 0.2) is 18.3 Å². The van der Waals surface area contributed by atoms with Gasteiger partial charge >= 0.3 is 0 Å². The summed E-state index contributed by atoms with van der Waals surface area (Å²) in [6, 6.07) is 2.61. The van der Waals surface area contributed by atoms with Crippen molar-refractivity contribution in [3.05, 3.63) is 24.0 Å². The van der Waals surface area contributed by atoms with Gasteiger partial charge in [-0.05, 0) is 12.1 Å². The van der Waals surface area contributed by atoms with E-state index < -0.39 is 6.43 Å². The highest BCUT2D eigenvalue weighted by molar-refractivity contribution is 5.85. The molecule has 2 N–H and O–H groups in total. The first-order valence-corrected chi connectivity index (χ1v) is 2.69. The molecule has 12 heavy (non-hydrogen) atoms. The molecular formula is C6H8Cl2F2N2. The van der Waals surface area contributed by atoms with Gasteiger partial charge in [0.25, 0.3) is 6.43 Å². The third-order valence-electron chi connectivity index (χ3n) is 1.03. The van der Waals surface area contributed by atoms with Crippen LogP contribution in [0.5, 0.6) is 0 Å². The largest absolute Gasteiger partial charge is 0.397 e. The number of alkyl halides is 2. The molecule has 6 heteroatoms. The van der Waals surface area contributed by atoms with Gasteiger partial charge in [0.15, 0.2) is 0 Å². The van der Waals surface area contributed by atoms with Gasteiger partial charge in [0, 0.05) is 0 Å². The molecule has 0 spiro atoms. The van der Waals surface area contributed by atoms with Crippen molar-refractivity contribution >= 4 is 30.5 Å². The number of nitrogen functional groups attached to an aromatic ring is 1. The van der Waals surface area contributed by atoms with Crippen molar-refractivity contribution in [1.82, 2.24) is 4.98 Å². The Balaban J connectivity index is 0. The van der Waals surface area contributed by atoms with Crippen molar-refractivity contribution in [3.63, 3.8) is 0 Å². The molecular weight excluding hydrogens is 209 g/mol. The Hall–Kier alpha value is -0.610. The Labute approximate surface area is 81.0 Å². The second kappa shape index (κ2) is 5.97. The van der Waals surface area contributed by atoms with E-state index in [4.69, 9.17) is 5.73 Å². The van der Waals surface area contributed by atoms with E-state index >= 15 is 0 Å². The molecule has 0 unspecified atom stereocenters. The number of rotatable bonds is 1. The number of halogens is 4. The summed E-state index contributed by atoms with van der Waals surface area (Å²) in [6.45, 7) is 0. The summed E-state index contributed by atoms with van der Waals surface area (Å²) < 4.78 is 23.6. The van der Waals surface area contributed by atoms with Gasteiger partial charge in [-0.15, -0.1) is 24.8 Å². The van der Waals surface area contributed by atoms with Gasteiger partial charge in [-0.3, -0.25) is 4.98 Å². The van der Waals surface area contributed by atoms with Gasteiger partial charge in [0.05, 0.1) is 11.9 Å². The number of pyridine rings is 1. The minimum atomic E-state index is -2.51. The number of nitrogens with two attached hydrogens (primary N) is 1. The van der Waals surface area contributed by atoms with Gasteiger partial charge in [-0.25, -0.2) is 8.78 Å². The van der Waals surface area contributed by atoms with Crippen molar-refractivity contribution in [1.29, 1.82) is 0 Å². The van der Waals surface area contributed by atoms with Gasteiger partial charge in [-0.2, -0.15) is 0 Å². The Morgan fingerprint density at radius 1 is 1.25 bits per heavy atom. The average Bonchev–Trinajstić information content (AvgIpc) is 1.88. The van der Waals surface area contributed by atoms with Crippen LogP contribution in [-0.4, -0.2) is 4.98 Å². The van der Waals surface area contributed by atoms with Crippen LogP contribution in [0.1, 0.15) is 12.1 Å². The molecule has 0 amide bonds. The number of hydrogen-bond donors (Lipinski definition) is 1. The van der Waals surface area contributed by atoms with Crippen LogP contribution in [0.2, 0.25) is 0 Å². The Morgan fingerprint density at radius 2 is 1.83 bits per heavy atom. The summed E-state index contributed by atoms with van der Waals surface area (Å²) in [7, 11) is 0. The fourth-order valence-electron chi connectivity index (χ4n) is 0.546. The van der Waals surface area contributed by atoms with Gasteiger partial charge in [0.2, 0.25) is 0 Å². The second-order valence-corrected chi connectivity index (χ2v) is 1.82. The SMILES string of the molecule is Cl.Cl.Nc1ccc(C(F)F)nc1. The maximum absolute atomic E-state index is 11.8. The third kappa shape index (κ3) is 3.69. The lowest BCUT2D eigenvalue weighted by Gasteiger charge is -1.96. The molecule has 1 heterocycles. The number of aromatic nitrogens is 1. The van der Waals surface area contributed by atoms with Crippen LogP contribution in [0, 0.1) is 0 Å².